The van der Waals surface area contributed by atoms with Gasteiger partial charge in [-0.3, -0.25) is 4.79 Å². The van der Waals surface area contributed by atoms with Crippen LogP contribution < -0.4 is 0 Å². The first-order valence-corrected chi connectivity index (χ1v) is 7.21. The van der Waals surface area contributed by atoms with Crippen LogP contribution in [-0.4, -0.2) is 64.2 Å². The number of methoxy groups -OCH3 is 2. The molecule has 0 unspecified atom stereocenters. The molecule has 17 heavy (non-hydrogen) atoms. The average molecular weight is 288 g/mol. The van der Waals surface area contributed by atoms with E-state index in [2.05, 4.69) is 4.74 Å². The van der Waals surface area contributed by atoms with Gasteiger partial charge in [-0.2, -0.15) is 4.31 Å². The zero-order valence-electron chi connectivity index (χ0n) is 10.0. The number of alkyl halides is 1. The lowest BCUT2D eigenvalue weighted by Crippen LogP contribution is -2.37. The van der Waals surface area contributed by atoms with Crippen molar-refractivity contribution in [3.05, 3.63) is 0 Å². The maximum atomic E-state index is 11.8. The highest BCUT2D eigenvalue weighted by molar-refractivity contribution is 7.89. The monoisotopic (exact) mass is 287 g/mol. The Balaban J connectivity index is 4.47. The number of hydrogen-bond donors (Lipinski definition) is 0. The maximum Gasteiger partial charge on any atom is 0.306 e. The highest BCUT2D eigenvalue weighted by Crippen LogP contribution is 2.04. The first kappa shape index (κ1) is 16.6. The van der Waals surface area contributed by atoms with E-state index < -0.39 is 16.0 Å². The van der Waals surface area contributed by atoms with E-state index in [-0.39, 0.29) is 37.8 Å². The summed E-state index contributed by atoms with van der Waals surface area (Å²) in [5, 5.41) is 0. The Morgan fingerprint density at radius 1 is 1.29 bits per heavy atom. The van der Waals surface area contributed by atoms with Crippen molar-refractivity contribution in [2.75, 3.05) is 45.5 Å². The van der Waals surface area contributed by atoms with E-state index in [1.165, 1.54) is 18.5 Å². The number of carbonyl (C=O) groups is 1. The summed E-state index contributed by atoms with van der Waals surface area (Å²) in [4.78, 5) is 11.0. The van der Waals surface area contributed by atoms with Crippen molar-refractivity contribution in [2.45, 2.75) is 6.42 Å². The number of carbonyl (C=O) groups excluding carboxylic acids is 1. The second-order valence-corrected chi connectivity index (χ2v) is 5.69. The molecule has 0 aromatic heterocycles. The molecule has 0 spiro atoms. The first-order chi connectivity index (χ1) is 7.97. The smallest absolute Gasteiger partial charge is 0.306 e. The molecule has 0 bridgehead atoms. The summed E-state index contributed by atoms with van der Waals surface area (Å²) in [6.45, 7) is 0.546. The van der Waals surface area contributed by atoms with Crippen LogP contribution in [-0.2, 0) is 24.3 Å². The van der Waals surface area contributed by atoms with Crippen LogP contribution in [0.5, 0.6) is 0 Å². The van der Waals surface area contributed by atoms with E-state index in [1.807, 2.05) is 0 Å². The van der Waals surface area contributed by atoms with Crippen molar-refractivity contribution in [1.29, 1.82) is 0 Å². The Hall–Kier alpha value is -0.370. The van der Waals surface area contributed by atoms with Gasteiger partial charge in [0.15, 0.2) is 0 Å². The molecule has 0 N–H and O–H groups in total. The fourth-order valence-electron chi connectivity index (χ4n) is 1.13. The Morgan fingerprint density at radius 3 is 2.41 bits per heavy atom. The molecule has 0 aliphatic rings. The fourth-order valence-corrected chi connectivity index (χ4v) is 2.89. The van der Waals surface area contributed by atoms with Gasteiger partial charge in [-0.1, -0.05) is 0 Å². The summed E-state index contributed by atoms with van der Waals surface area (Å²) in [6, 6.07) is 0. The van der Waals surface area contributed by atoms with Crippen LogP contribution in [0.15, 0.2) is 0 Å². The van der Waals surface area contributed by atoms with Gasteiger partial charge in [0.25, 0.3) is 0 Å². The SMILES string of the molecule is COCCN(CCC(=O)OC)S(=O)(=O)CCCl. The molecule has 0 aromatic carbocycles. The van der Waals surface area contributed by atoms with E-state index >= 15 is 0 Å². The number of esters is 1. The van der Waals surface area contributed by atoms with Crippen LogP contribution in [0.3, 0.4) is 0 Å². The molecule has 102 valence electrons. The third-order valence-electron chi connectivity index (χ3n) is 2.07. The molecule has 0 aliphatic carbocycles. The van der Waals surface area contributed by atoms with Gasteiger partial charge in [0.2, 0.25) is 10.0 Å². The van der Waals surface area contributed by atoms with Crippen LogP contribution in [0.25, 0.3) is 0 Å². The molecule has 0 heterocycles. The third-order valence-corrected chi connectivity index (χ3v) is 4.35. The quantitative estimate of drug-likeness (QED) is 0.443. The largest absolute Gasteiger partial charge is 0.469 e. The van der Waals surface area contributed by atoms with Crippen molar-refractivity contribution < 1.29 is 22.7 Å². The van der Waals surface area contributed by atoms with Crippen molar-refractivity contribution in [2.24, 2.45) is 0 Å². The van der Waals surface area contributed by atoms with Crippen molar-refractivity contribution in [1.82, 2.24) is 4.31 Å². The first-order valence-electron chi connectivity index (χ1n) is 5.07. The van der Waals surface area contributed by atoms with E-state index in [0.29, 0.717) is 0 Å². The summed E-state index contributed by atoms with van der Waals surface area (Å²) in [5.41, 5.74) is 0. The predicted octanol–water partition coefficient (Wildman–Crippen LogP) is 0.0665. The Bertz CT molecular complexity index is 319. The maximum absolute atomic E-state index is 11.8. The molecule has 0 saturated heterocycles. The lowest BCUT2D eigenvalue weighted by atomic mass is 10.4. The molecule has 0 amide bonds. The second kappa shape index (κ2) is 8.68. The fraction of sp³-hybridized carbons (Fsp3) is 0.889. The standard InChI is InChI=1S/C9H18ClNO5S/c1-15-7-6-11(5-3-9(12)16-2)17(13,14)8-4-10/h3-8H2,1-2H3. The minimum absolute atomic E-state index is 0.0156. The minimum atomic E-state index is -3.43. The summed E-state index contributed by atoms with van der Waals surface area (Å²) < 4.78 is 34.0. The van der Waals surface area contributed by atoms with Crippen LogP contribution in [0.1, 0.15) is 6.42 Å². The van der Waals surface area contributed by atoms with E-state index in [0.717, 1.165) is 0 Å². The molecule has 6 nitrogen and oxygen atoms in total. The Kier molecular flexibility index (Phi) is 8.49. The van der Waals surface area contributed by atoms with Gasteiger partial charge in [-0.05, 0) is 0 Å². The van der Waals surface area contributed by atoms with E-state index in [4.69, 9.17) is 16.3 Å². The highest BCUT2D eigenvalue weighted by atomic mass is 35.5. The summed E-state index contributed by atoms with van der Waals surface area (Å²) >= 11 is 5.43. The van der Waals surface area contributed by atoms with Gasteiger partial charge in [0.05, 0.1) is 25.9 Å². The number of hydrogen-bond acceptors (Lipinski definition) is 5. The van der Waals surface area contributed by atoms with Crippen molar-refractivity contribution >= 4 is 27.6 Å². The molecule has 0 aromatic rings. The van der Waals surface area contributed by atoms with Crippen LogP contribution in [0, 0.1) is 0 Å². The summed E-state index contributed by atoms with van der Waals surface area (Å²) in [6.07, 6.45) is 0.0156. The molecule has 0 aliphatic heterocycles. The molecule has 0 fully saturated rings. The third kappa shape index (κ3) is 6.82. The van der Waals surface area contributed by atoms with Crippen LogP contribution >= 0.6 is 11.6 Å². The normalized spacial score (nSPS) is 11.8. The highest BCUT2D eigenvalue weighted by Gasteiger charge is 2.21. The number of halogens is 1. The zero-order valence-corrected chi connectivity index (χ0v) is 11.6. The zero-order chi connectivity index (χ0) is 13.3. The summed E-state index contributed by atoms with van der Waals surface area (Å²) in [7, 11) is -0.697. The van der Waals surface area contributed by atoms with Crippen LogP contribution in [0.4, 0.5) is 0 Å². The molecule has 0 rings (SSSR count). The summed E-state index contributed by atoms with van der Waals surface area (Å²) in [5.74, 6) is -0.586. The topological polar surface area (TPSA) is 72.9 Å². The number of sulfonamides is 1. The van der Waals surface area contributed by atoms with Crippen molar-refractivity contribution in [3.8, 4) is 0 Å². The number of rotatable bonds is 9. The lowest BCUT2D eigenvalue weighted by Gasteiger charge is -2.20. The Morgan fingerprint density at radius 2 is 1.94 bits per heavy atom. The van der Waals surface area contributed by atoms with Gasteiger partial charge >= 0.3 is 5.97 Å². The lowest BCUT2D eigenvalue weighted by molar-refractivity contribution is -0.140. The van der Waals surface area contributed by atoms with Gasteiger partial charge in [0, 0.05) is 26.1 Å². The van der Waals surface area contributed by atoms with Gasteiger partial charge in [0.1, 0.15) is 0 Å². The number of ether oxygens (including phenoxy) is 2. The van der Waals surface area contributed by atoms with Gasteiger partial charge in [-0.15, -0.1) is 11.6 Å². The molecular formula is C9H18ClNO5S. The molecule has 0 radical (unpaired) electrons. The van der Waals surface area contributed by atoms with Crippen molar-refractivity contribution in [3.63, 3.8) is 0 Å². The molecule has 0 saturated carbocycles. The predicted molar refractivity (Wildman–Crippen MR) is 64.6 cm³/mol. The molecular weight excluding hydrogens is 270 g/mol. The van der Waals surface area contributed by atoms with E-state index in [9.17, 15) is 13.2 Å². The molecule has 0 atom stereocenters. The Labute approximate surface area is 107 Å². The van der Waals surface area contributed by atoms with E-state index in [1.54, 1.807) is 0 Å². The number of nitrogens with zero attached hydrogens (tertiary/aromatic N) is 1. The average Bonchev–Trinajstić information content (AvgIpc) is 2.28. The van der Waals surface area contributed by atoms with Gasteiger partial charge < -0.3 is 9.47 Å². The van der Waals surface area contributed by atoms with Gasteiger partial charge in [-0.25, -0.2) is 8.42 Å². The minimum Gasteiger partial charge on any atom is -0.469 e. The second-order valence-electron chi connectivity index (χ2n) is 3.22. The molecule has 8 heteroatoms. The van der Waals surface area contributed by atoms with Crippen LogP contribution in [0.2, 0.25) is 0 Å².